The number of aromatic nitrogens is 3. The summed E-state index contributed by atoms with van der Waals surface area (Å²) in [5.41, 5.74) is -0.845. The Morgan fingerprint density at radius 3 is 2.61 bits per heavy atom. The minimum Gasteiger partial charge on any atom is -0.503 e. The first-order valence-corrected chi connectivity index (χ1v) is 8.33. The van der Waals surface area contributed by atoms with E-state index in [1.165, 1.54) is 39.7 Å². The number of benzene rings is 1. The van der Waals surface area contributed by atoms with Crippen LogP contribution in [0.4, 0.5) is 4.39 Å². The highest BCUT2D eigenvalue weighted by atomic mass is 19.1. The highest BCUT2D eigenvalue weighted by molar-refractivity contribution is 5.59. The Kier molecular flexibility index (Phi) is 4.36. The van der Waals surface area contributed by atoms with Gasteiger partial charge in [-0.2, -0.15) is 0 Å². The van der Waals surface area contributed by atoms with Gasteiger partial charge in [0.05, 0.1) is 18.8 Å². The lowest BCUT2D eigenvalue weighted by Crippen LogP contribution is -2.24. The number of fused-ring (bicyclic) bond motifs is 1. The predicted octanol–water partition coefficient (Wildman–Crippen LogP) is 2.54. The monoisotopic (exact) mass is 379 g/mol. The van der Waals surface area contributed by atoms with E-state index < -0.39 is 16.7 Å². The van der Waals surface area contributed by atoms with E-state index in [1.54, 1.807) is 30.5 Å². The van der Waals surface area contributed by atoms with Crippen LogP contribution in [-0.4, -0.2) is 19.1 Å². The molecule has 0 saturated carbocycles. The van der Waals surface area contributed by atoms with Crippen molar-refractivity contribution in [1.29, 1.82) is 0 Å². The molecule has 1 aromatic carbocycles. The lowest BCUT2D eigenvalue weighted by molar-refractivity contribution is 0.439. The fraction of sp³-hybridized carbons (Fsp3) is 0.0500. The van der Waals surface area contributed by atoms with E-state index in [1.807, 2.05) is 0 Å². The van der Waals surface area contributed by atoms with Crippen molar-refractivity contribution in [2.24, 2.45) is 0 Å². The predicted molar refractivity (Wildman–Crippen MR) is 99.4 cm³/mol. The minimum atomic E-state index is -0.740. The Bertz CT molecular complexity index is 1270. The highest BCUT2D eigenvalue weighted by Crippen LogP contribution is 2.22. The van der Waals surface area contributed by atoms with E-state index in [0.717, 1.165) is 6.07 Å². The van der Waals surface area contributed by atoms with Crippen LogP contribution in [0, 0.1) is 5.82 Å². The van der Waals surface area contributed by atoms with E-state index >= 15 is 0 Å². The van der Waals surface area contributed by atoms with E-state index in [2.05, 4.69) is 4.98 Å². The molecule has 0 spiro atoms. The first-order valence-electron chi connectivity index (χ1n) is 8.33. The molecule has 0 amide bonds. The molecule has 1 N–H and O–H groups in total. The highest BCUT2D eigenvalue weighted by Gasteiger charge is 2.15. The molecule has 3 heterocycles. The summed E-state index contributed by atoms with van der Waals surface area (Å²) in [7, 11) is 0. The van der Waals surface area contributed by atoms with Gasteiger partial charge in [-0.3, -0.25) is 19.0 Å². The Morgan fingerprint density at radius 1 is 1.11 bits per heavy atom. The standard InChI is InChI=1S/C20H14FN3O4/c21-14-5-3-13(4-6-14)12-23-8-9-24-17(28-15-2-1-7-22-11-15)10-16(25)19(26)18(24)20(23)27/h1-11,26H,12H2. The third kappa shape index (κ3) is 3.23. The summed E-state index contributed by atoms with van der Waals surface area (Å²) in [5.74, 6) is -0.610. The summed E-state index contributed by atoms with van der Waals surface area (Å²) in [6.07, 6.45) is 6.03. The minimum absolute atomic E-state index is 0.0665. The van der Waals surface area contributed by atoms with Crippen molar-refractivity contribution in [3.8, 4) is 17.4 Å². The number of halogens is 1. The molecule has 28 heavy (non-hydrogen) atoms. The Morgan fingerprint density at radius 2 is 1.89 bits per heavy atom. The molecule has 0 aliphatic rings. The number of hydrogen-bond donors (Lipinski definition) is 1. The molecular formula is C20H14FN3O4. The SMILES string of the molecule is O=c1cc(Oc2cccnc2)n2ccn(Cc3ccc(F)cc3)c(=O)c2c1O. The Hall–Kier alpha value is -3.94. The zero-order valence-electron chi connectivity index (χ0n) is 14.4. The smallest absolute Gasteiger partial charge is 0.279 e. The molecule has 3 aromatic heterocycles. The van der Waals surface area contributed by atoms with Crippen LogP contribution in [-0.2, 0) is 6.54 Å². The first-order chi connectivity index (χ1) is 13.5. The number of nitrogens with zero attached hydrogens (tertiary/aromatic N) is 3. The number of pyridine rings is 2. The maximum Gasteiger partial charge on any atom is 0.279 e. The Labute approximate surface area is 157 Å². The zero-order chi connectivity index (χ0) is 19.7. The Balaban J connectivity index is 1.83. The van der Waals surface area contributed by atoms with Crippen LogP contribution in [0.2, 0.25) is 0 Å². The van der Waals surface area contributed by atoms with E-state index in [0.29, 0.717) is 11.3 Å². The van der Waals surface area contributed by atoms with Crippen LogP contribution in [0.5, 0.6) is 17.4 Å². The summed E-state index contributed by atoms with van der Waals surface area (Å²) in [4.78, 5) is 29.0. The summed E-state index contributed by atoms with van der Waals surface area (Å²) >= 11 is 0. The van der Waals surface area contributed by atoms with E-state index in [-0.39, 0.29) is 23.8 Å². The average molecular weight is 379 g/mol. The number of hydrogen-bond acceptors (Lipinski definition) is 5. The van der Waals surface area contributed by atoms with Crippen LogP contribution < -0.4 is 15.7 Å². The summed E-state index contributed by atoms with van der Waals surface area (Å²) in [6.45, 7) is 0.150. The van der Waals surface area contributed by atoms with Gasteiger partial charge in [-0.25, -0.2) is 4.39 Å². The number of aromatic hydroxyl groups is 1. The fourth-order valence-electron chi connectivity index (χ4n) is 2.81. The first kappa shape index (κ1) is 17.5. The van der Waals surface area contributed by atoms with Crippen molar-refractivity contribution in [2.45, 2.75) is 6.54 Å². The molecule has 0 bridgehead atoms. The number of ether oxygens (including phenoxy) is 1. The van der Waals surface area contributed by atoms with Gasteiger partial charge < -0.3 is 14.4 Å². The molecule has 4 rings (SSSR count). The normalized spacial score (nSPS) is 10.9. The fourth-order valence-corrected chi connectivity index (χ4v) is 2.81. The summed E-state index contributed by atoms with van der Waals surface area (Å²) in [5, 5.41) is 10.2. The lowest BCUT2D eigenvalue weighted by Gasteiger charge is -2.13. The molecule has 140 valence electrons. The molecule has 0 radical (unpaired) electrons. The van der Waals surface area contributed by atoms with Gasteiger partial charge in [-0.15, -0.1) is 0 Å². The molecule has 0 atom stereocenters. The lowest BCUT2D eigenvalue weighted by atomic mass is 10.2. The van der Waals surface area contributed by atoms with Crippen molar-refractivity contribution in [3.63, 3.8) is 0 Å². The van der Waals surface area contributed by atoms with Gasteiger partial charge in [0.15, 0.2) is 11.3 Å². The maximum atomic E-state index is 13.1. The molecular weight excluding hydrogens is 365 g/mol. The quantitative estimate of drug-likeness (QED) is 0.589. The third-order valence-electron chi connectivity index (χ3n) is 4.17. The second-order valence-electron chi connectivity index (χ2n) is 6.06. The molecule has 0 fully saturated rings. The average Bonchev–Trinajstić information content (AvgIpc) is 2.70. The molecule has 4 aromatic rings. The van der Waals surface area contributed by atoms with Crippen molar-refractivity contribution >= 4 is 5.52 Å². The summed E-state index contributed by atoms with van der Waals surface area (Å²) < 4.78 is 21.3. The van der Waals surface area contributed by atoms with Crippen molar-refractivity contribution < 1.29 is 14.2 Å². The van der Waals surface area contributed by atoms with Gasteiger partial charge in [0.2, 0.25) is 11.3 Å². The largest absolute Gasteiger partial charge is 0.503 e. The van der Waals surface area contributed by atoms with Crippen LogP contribution in [0.15, 0.2) is 76.8 Å². The second kappa shape index (κ2) is 6.99. The zero-order valence-corrected chi connectivity index (χ0v) is 14.4. The van der Waals surface area contributed by atoms with Crippen LogP contribution >= 0.6 is 0 Å². The van der Waals surface area contributed by atoms with Gasteiger partial charge in [0.25, 0.3) is 5.56 Å². The maximum absolute atomic E-state index is 13.1. The van der Waals surface area contributed by atoms with Crippen LogP contribution in [0.25, 0.3) is 5.52 Å². The van der Waals surface area contributed by atoms with E-state index in [9.17, 15) is 19.1 Å². The molecule has 0 aliphatic carbocycles. The molecule has 0 aliphatic heterocycles. The molecule has 0 saturated heterocycles. The van der Waals surface area contributed by atoms with Crippen molar-refractivity contribution in [2.75, 3.05) is 0 Å². The molecule has 8 heteroatoms. The van der Waals surface area contributed by atoms with Gasteiger partial charge in [-0.05, 0) is 29.8 Å². The molecule has 0 unspecified atom stereocenters. The topological polar surface area (TPSA) is 85.8 Å². The van der Waals surface area contributed by atoms with Gasteiger partial charge >= 0.3 is 0 Å². The summed E-state index contributed by atoms with van der Waals surface area (Å²) in [6, 6.07) is 10.1. The van der Waals surface area contributed by atoms with Gasteiger partial charge in [0.1, 0.15) is 11.6 Å². The van der Waals surface area contributed by atoms with Crippen molar-refractivity contribution in [1.82, 2.24) is 14.0 Å². The molecule has 7 nitrogen and oxygen atoms in total. The van der Waals surface area contributed by atoms with Crippen LogP contribution in [0.3, 0.4) is 0 Å². The third-order valence-corrected chi connectivity index (χ3v) is 4.17. The second-order valence-corrected chi connectivity index (χ2v) is 6.06. The van der Waals surface area contributed by atoms with Gasteiger partial charge in [0, 0.05) is 18.6 Å². The van der Waals surface area contributed by atoms with Gasteiger partial charge in [-0.1, -0.05) is 12.1 Å². The van der Waals surface area contributed by atoms with Crippen LogP contribution in [0.1, 0.15) is 5.56 Å². The van der Waals surface area contributed by atoms with E-state index in [4.69, 9.17) is 4.74 Å². The van der Waals surface area contributed by atoms with Crippen molar-refractivity contribution in [3.05, 3.63) is 99.2 Å². The number of rotatable bonds is 4.